The van der Waals surface area contributed by atoms with Gasteiger partial charge in [0.1, 0.15) is 5.82 Å². The van der Waals surface area contributed by atoms with Gasteiger partial charge in [-0.25, -0.2) is 4.98 Å². The van der Waals surface area contributed by atoms with Crippen LogP contribution in [0.25, 0.3) is 0 Å². The number of hydrogen-bond acceptors (Lipinski definition) is 4. The Morgan fingerprint density at radius 2 is 1.73 bits per heavy atom. The van der Waals surface area contributed by atoms with E-state index in [1.807, 2.05) is 24.4 Å². The molecule has 1 unspecified atom stereocenters. The van der Waals surface area contributed by atoms with E-state index in [1.54, 1.807) is 0 Å². The van der Waals surface area contributed by atoms with Gasteiger partial charge >= 0.3 is 0 Å². The van der Waals surface area contributed by atoms with Gasteiger partial charge in [-0.15, -0.1) is 0 Å². The summed E-state index contributed by atoms with van der Waals surface area (Å²) in [5.74, 6) is 3.23. The Labute approximate surface area is 244 Å². The first-order valence-electron chi connectivity index (χ1n) is 15.3. The first-order chi connectivity index (χ1) is 19.6. The minimum atomic E-state index is 0.0843. The number of rotatable bonds is 9. The quantitative estimate of drug-likeness (QED) is 0.287. The Balaban J connectivity index is 1.17. The van der Waals surface area contributed by atoms with Gasteiger partial charge in [0.25, 0.3) is 0 Å². The molecule has 3 aromatic rings. The van der Waals surface area contributed by atoms with E-state index in [4.69, 9.17) is 21.8 Å². The molecule has 210 valence electrons. The number of benzene rings is 2. The lowest BCUT2D eigenvalue weighted by molar-refractivity contribution is 0.0641. The summed E-state index contributed by atoms with van der Waals surface area (Å²) in [5, 5.41) is 9.94. The molecule has 2 aliphatic heterocycles. The van der Waals surface area contributed by atoms with E-state index in [0.717, 1.165) is 42.6 Å². The van der Waals surface area contributed by atoms with Crippen LogP contribution in [0.15, 0.2) is 60.9 Å². The van der Waals surface area contributed by atoms with Crippen molar-refractivity contribution in [2.24, 2.45) is 17.8 Å². The number of aryl methyl sites for hydroxylation is 1. The molecule has 40 heavy (non-hydrogen) atoms. The van der Waals surface area contributed by atoms with E-state index in [9.17, 15) is 0 Å². The molecule has 1 aliphatic carbocycles. The molecule has 3 fully saturated rings. The number of hydrogen-bond donors (Lipinski definition) is 0. The maximum Gasteiger partial charge on any atom is 0.108 e. The summed E-state index contributed by atoms with van der Waals surface area (Å²) in [5.41, 5.74) is 3.50. The predicted molar refractivity (Wildman–Crippen MR) is 163 cm³/mol. The normalized spacial score (nSPS) is 20.8. The highest BCUT2D eigenvalue weighted by atomic mass is 35.5. The number of halogens is 1. The van der Waals surface area contributed by atoms with Gasteiger partial charge in [0, 0.05) is 67.0 Å². The predicted octanol–water partition coefficient (Wildman–Crippen LogP) is 6.95. The molecule has 6 heteroatoms. The second kappa shape index (κ2) is 12.0. The van der Waals surface area contributed by atoms with Crippen LogP contribution < -0.4 is 4.90 Å². The lowest BCUT2D eigenvalue weighted by atomic mass is 9.59. The van der Waals surface area contributed by atoms with Crippen molar-refractivity contribution >= 4 is 17.3 Å². The van der Waals surface area contributed by atoms with Crippen LogP contribution in [0.1, 0.15) is 62.4 Å². The molecular weight excluding hydrogens is 514 g/mol. The molecule has 2 saturated heterocycles. The molecule has 3 heterocycles. The van der Waals surface area contributed by atoms with Crippen LogP contribution in [0.5, 0.6) is 0 Å². The SMILES string of the molecule is CCc1nccn1CC(c1cccc(Cl)c1)(C1CCCC1)C1CCN(CC2CN(c3ccc(C#N)cc3)C2)CC1. The van der Waals surface area contributed by atoms with E-state index in [2.05, 4.69) is 63.9 Å². The molecule has 5 nitrogen and oxygen atoms in total. The van der Waals surface area contributed by atoms with Gasteiger partial charge in [0.05, 0.1) is 11.6 Å². The molecule has 0 spiro atoms. The van der Waals surface area contributed by atoms with Crippen molar-refractivity contribution in [1.82, 2.24) is 14.5 Å². The van der Waals surface area contributed by atoms with Crippen LogP contribution in [-0.4, -0.2) is 47.2 Å². The lowest BCUT2D eigenvalue weighted by Crippen LogP contribution is -2.54. The number of likely N-dealkylation sites (tertiary alicyclic amines) is 1. The van der Waals surface area contributed by atoms with Gasteiger partial charge in [0.2, 0.25) is 0 Å². The molecule has 0 bridgehead atoms. The van der Waals surface area contributed by atoms with Gasteiger partial charge in [-0.2, -0.15) is 5.26 Å². The minimum Gasteiger partial charge on any atom is -0.371 e. The zero-order valence-electron chi connectivity index (χ0n) is 23.8. The second-order valence-electron chi connectivity index (χ2n) is 12.4. The molecule has 3 aliphatic rings. The number of imidazole rings is 1. The zero-order valence-corrected chi connectivity index (χ0v) is 24.6. The lowest BCUT2D eigenvalue weighted by Gasteiger charge is -2.50. The summed E-state index contributed by atoms with van der Waals surface area (Å²) in [6.45, 7) is 9.00. The van der Waals surface area contributed by atoms with Crippen molar-refractivity contribution < 1.29 is 0 Å². The first kappa shape index (κ1) is 27.4. The highest BCUT2D eigenvalue weighted by Crippen LogP contribution is 2.52. The second-order valence-corrected chi connectivity index (χ2v) is 12.8. The van der Waals surface area contributed by atoms with Gasteiger partial charge in [0.15, 0.2) is 0 Å². The third kappa shape index (κ3) is 5.41. The van der Waals surface area contributed by atoms with Crippen LogP contribution >= 0.6 is 11.6 Å². The van der Waals surface area contributed by atoms with Crippen molar-refractivity contribution in [3.8, 4) is 6.07 Å². The molecule has 0 radical (unpaired) electrons. The Kier molecular flexibility index (Phi) is 8.19. The summed E-state index contributed by atoms with van der Waals surface area (Å²) < 4.78 is 2.46. The van der Waals surface area contributed by atoms with Crippen LogP contribution in [-0.2, 0) is 18.4 Å². The van der Waals surface area contributed by atoms with E-state index < -0.39 is 0 Å². The maximum atomic E-state index is 9.08. The summed E-state index contributed by atoms with van der Waals surface area (Å²) in [4.78, 5) is 9.88. The fourth-order valence-electron chi connectivity index (χ4n) is 8.09. The van der Waals surface area contributed by atoms with Gasteiger partial charge in [-0.05, 0) is 92.6 Å². The van der Waals surface area contributed by atoms with E-state index in [1.165, 1.54) is 75.2 Å². The van der Waals surface area contributed by atoms with E-state index >= 15 is 0 Å². The summed E-state index contributed by atoms with van der Waals surface area (Å²) in [6, 6.07) is 19.1. The highest BCUT2D eigenvalue weighted by Gasteiger charge is 2.49. The smallest absolute Gasteiger partial charge is 0.108 e. The molecule has 1 saturated carbocycles. The standard InChI is InChI=1S/C34H42ClN5/c1-2-33-37-16-19-39(33)25-34(28-6-3-4-7-28,30-8-5-9-31(35)20-30)29-14-17-38(18-15-29)22-27-23-40(24-27)32-12-10-26(21-36)11-13-32/h5,8-13,16,19-20,27-29H,2-4,6-7,14-15,17-18,22-25H2,1H3. The van der Waals surface area contributed by atoms with E-state index in [-0.39, 0.29) is 5.41 Å². The average Bonchev–Trinajstić information content (AvgIpc) is 3.66. The Morgan fingerprint density at radius 3 is 2.40 bits per heavy atom. The largest absolute Gasteiger partial charge is 0.371 e. The van der Waals surface area contributed by atoms with Crippen molar-refractivity contribution in [2.75, 3.05) is 37.6 Å². The topological polar surface area (TPSA) is 48.1 Å². The van der Waals surface area contributed by atoms with Crippen LogP contribution in [0.4, 0.5) is 5.69 Å². The fraction of sp³-hybridized carbons (Fsp3) is 0.529. The number of piperidine rings is 1. The van der Waals surface area contributed by atoms with Crippen molar-refractivity contribution in [2.45, 2.75) is 63.8 Å². The summed E-state index contributed by atoms with van der Waals surface area (Å²) in [7, 11) is 0. The molecule has 1 atom stereocenters. The number of nitrogens with zero attached hydrogens (tertiary/aromatic N) is 5. The van der Waals surface area contributed by atoms with Crippen LogP contribution in [0, 0.1) is 29.1 Å². The minimum absolute atomic E-state index is 0.0843. The maximum absolute atomic E-state index is 9.08. The first-order valence-corrected chi connectivity index (χ1v) is 15.7. The highest BCUT2D eigenvalue weighted by molar-refractivity contribution is 6.30. The molecular formula is C34H42ClN5. The number of anilines is 1. The molecule has 2 aromatic carbocycles. The van der Waals surface area contributed by atoms with E-state index in [0.29, 0.717) is 11.8 Å². The molecule has 1 aromatic heterocycles. The van der Waals surface area contributed by atoms with Crippen LogP contribution in [0.2, 0.25) is 5.02 Å². The molecule has 0 N–H and O–H groups in total. The average molecular weight is 556 g/mol. The molecule has 6 rings (SSSR count). The van der Waals surface area contributed by atoms with Crippen LogP contribution in [0.3, 0.4) is 0 Å². The van der Waals surface area contributed by atoms with Gasteiger partial charge < -0.3 is 14.4 Å². The van der Waals surface area contributed by atoms with Gasteiger partial charge in [-0.1, -0.05) is 43.5 Å². The van der Waals surface area contributed by atoms with Crippen molar-refractivity contribution in [3.05, 3.63) is 82.9 Å². The zero-order chi connectivity index (χ0) is 27.5. The summed E-state index contributed by atoms with van der Waals surface area (Å²) >= 11 is 6.67. The number of aromatic nitrogens is 2. The van der Waals surface area contributed by atoms with Crippen molar-refractivity contribution in [3.63, 3.8) is 0 Å². The fourth-order valence-corrected chi connectivity index (χ4v) is 8.28. The monoisotopic (exact) mass is 555 g/mol. The number of nitriles is 1. The Morgan fingerprint density at radius 1 is 1.00 bits per heavy atom. The summed E-state index contributed by atoms with van der Waals surface area (Å²) in [6.07, 6.45) is 12.9. The Hall–Kier alpha value is -2.81. The third-order valence-electron chi connectivity index (χ3n) is 10.1. The van der Waals surface area contributed by atoms with Crippen molar-refractivity contribution in [1.29, 1.82) is 5.26 Å². The van der Waals surface area contributed by atoms with Gasteiger partial charge in [-0.3, -0.25) is 0 Å². The Bertz CT molecular complexity index is 1310. The molecule has 0 amide bonds. The third-order valence-corrected chi connectivity index (χ3v) is 10.4.